The number of carbonyl (C=O) groups excluding carboxylic acids is 1. The average molecular weight is 298 g/mol. The molecule has 0 aliphatic carbocycles. The van der Waals surface area contributed by atoms with E-state index in [2.05, 4.69) is 15.9 Å². The van der Waals surface area contributed by atoms with Crippen molar-refractivity contribution in [1.82, 2.24) is 0 Å². The minimum atomic E-state index is -2.60. The van der Waals surface area contributed by atoms with Crippen molar-refractivity contribution in [2.24, 2.45) is 0 Å². The van der Waals surface area contributed by atoms with Gasteiger partial charge in [0, 0.05) is 10.9 Å². The highest BCUT2D eigenvalue weighted by Gasteiger charge is 2.24. The molecule has 5 heteroatoms. The lowest BCUT2D eigenvalue weighted by Gasteiger charge is -2.14. The smallest absolute Gasteiger partial charge is 0.245 e. The number of alkyl halides is 2. The molecular formula is C10H8BrClF2O. The second kappa shape index (κ2) is 5.56. The number of hydrogen-bond acceptors (Lipinski definition) is 1. The molecule has 0 aromatic heterocycles. The summed E-state index contributed by atoms with van der Waals surface area (Å²) in [5, 5.41) is -0.750. The molecule has 1 aromatic rings. The van der Waals surface area contributed by atoms with E-state index < -0.39 is 17.6 Å². The number of hydrogen-bond donors (Lipinski definition) is 0. The van der Waals surface area contributed by atoms with Gasteiger partial charge in [-0.25, -0.2) is 8.78 Å². The van der Waals surface area contributed by atoms with Crippen molar-refractivity contribution in [3.63, 3.8) is 0 Å². The minimum absolute atomic E-state index is 0.352. The van der Waals surface area contributed by atoms with Gasteiger partial charge in [-0.05, 0) is 29.3 Å². The van der Waals surface area contributed by atoms with Gasteiger partial charge in [0.1, 0.15) is 0 Å². The highest BCUT2D eigenvalue weighted by molar-refractivity contribution is 9.10. The lowest BCUT2D eigenvalue weighted by Crippen LogP contribution is -2.12. The van der Waals surface area contributed by atoms with Crippen molar-refractivity contribution in [2.45, 2.75) is 18.8 Å². The summed E-state index contributed by atoms with van der Waals surface area (Å²) in [5.74, 6) is -1.13. The molecule has 0 spiro atoms. The van der Waals surface area contributed by atoms with Crippen LogP contribution in [0.15, 0.2) is 28.7 Å². The van der Waals surface area contributed by atoms with Gasteiger partial charge in [-0.15, -0.1) is 0 Å². The topological polar surface area (TPSA) is 17.1 Å². The first-order valence-corrected chi connectivity index (χ1v) is 5.39. The van der Waals surface area contributed by atoms with Crippen LogP contribution in [0.2, 0.25) is 0 Å². The van der Waals surface area contributed by atoms with Crippen LogP contribution < -0.4 is 0 Å². The van der Waals surface area contributed by atoms with E-state index in [1.807, 2.05) is 0 Å². The van der Waals surface area contributed by atoms with E-state index in [9.17, 15) is 13.6 Å². The fourth-order valence-corrected chi connectivity index (χ4v) is 1.85. The fraction of sp³-hybridized carbons (Fsp3) is 0.300. The summed E-state index contributed by atoms with van der Waals surface area (Å²) < 4.78 is 26.0. The van der Waals surface area contributed by atoms with Crippen LogP contribution in [0, 0.1) is 0 Å². The lowest BCUT2D eigenvalue weighted by atomic mass is 9.97. The predicted molar refractivity (Wildman–Crippen MR) is 58.4 cm³/mol. The monoisotopic (exact) mass is 296 g/mol. The summed E-state index contributed by atoms with van der Waals surface area (Å²) in [5.41, 5.74) is 0.411. The van der Waals surface area contributed by atoms with Crippen LogP contribution in [0.4, 0.5) is 8.78 Å². The second-order valence-electron chi connectivity index (χ2n) is 3.06. The zero-order chi connectivity index (χ0) is 11.4. The molecule has 0 bridgehead atoms. The zero-order valence-corrected chi connectivity index (χ0v) is 9.93. The van der Waals surface area contributed by atoms with Gasteiger partial charge >= 0.3 is 0 Å². The molecule has 1 aromatic carbocycles. The first-order chi connectivity index (χ1) is 7.00. The van der Waals surface area contributed by atoms with Crippen molar-refractivity contribution in [3.05, 3.63) is 34.3 Å². The maximum atomic E-state index is 12.7. The van der Waals surface area contributed by atoms with Gasteiger partial charge in [-0.3, -0.25) is 4.79 Å². The minimum Gasteiger partial charge on any atom is -0.281 e. The predicted octanol–water partition coefficient (Wildman–Crippen LogP) is 3.95. The van der Waals surface area contributed by atoms with Gasteiger partial charge in [0.2, 0.25) is 11.7 Å². The van der Waals surface area contributed by atoms with E-state index in [1.54, 1.807) is 24.3 Å². The maximum Gasteiger partial charge on any atom is 0.245 e. The summed E-state index contributed by atoms with van der Waals surface area (Å²) in [6, 6.07) is 6.50. The van der Waals surface area contributed by atoms with Crippen LogP contribution in [0.25, 0.3) is 0 Å². The third-order valence-corrected chi connectivity index (χ3v) is 2.61. The lowest BCUT2D eigenvalue weighted by molar-refractivity contribution is -0.112. The summed E-state index contributed by atoms with van der Waals surface area (Å²) in [6.07, 6.45) is -2.95. The van der Waals surface area contributed by atoms with Crippen molar-refractivity contribution in [1.29, 1.82) is 0 Å². The summed E-state index contributed by atoms with van der Waals surface area (Å²) >= 11 is 8.31. The summed E-state index contributed by atoms with van der Waals surface area (Å²) in [7, 11) is 0. The summed E-state index contributed by atoms with van der Waals surface area (Å²) in [6.45, 7) is 0. The molecule has 0 heterocycles. The average Bonchev–Trinajstić information content (AvgIpc) is 2.13. The standard InChI is InChI=1S/C10H8BrClF2O/c11-7-3-1-2-6(4-7)8(10(13)14)5-9(12)15/h1-4,8,10H,5H2. The molecule has 82 valence electrons. The van der Waals surface area contributed by atoms with Crippen molar-refractivity contribution in [3.8, 4) is 0 Å². The number of rotatable bonds is 4. The Morgan fingerprint density at radius 3 is 2.60 bits per heavy atom. The van der Waals surface area contributed by atoms with Crippen LogP contribution in [0.1, 0.15) is 17.9 Å². The second-order valence-corrected chi connectivity index (χ2v) is 4.39. The Labute approximate surface area is 99.6 Å². The van der Waals surface area contributed by atoms with E-state index in [-0.39, 0.29) is 6.42 Å². The highest BCUT2D eigenvalue weighted by Crippen LogP contribution is 2.29. The zero-order valence-electron chi connectivity index (χ0n) is 7.59. The van der Waals surface area contributed by atoms with Crippen LogP contribution in [0.3, 0.4) is 0 Å². The Hall–Kier alpha value is -0.480. The molecule has 0 amide bonds. The number of carbonyl (C=O) groups is 1. The van der Waals surface area contributed by atoms with Crippen LogP contribution in [0.5, 0.6) is 0 Å². The molecule has 0 aliphatic rings. The quantitative estimate of drug-likeness (QED) is 0.769. The number of halogens is 4. The Morgan fingerprint density at radius 2 is 2.13 bits per heavy atom. The van der Waals surface area contributed by atoms with E-state index in [4.69, 9.17) is 11.6 Å². The van der Waals surface area contributed by atoms with E-state index in [0.29, 0.717) is 10.0 Å². The van der Waals surface area contributed by atoms with E-state index in [1.165, 1.54) is 0 Å². The van der Waals surface area contributed by atoms with Crippen LogP contribution >= 0.6 is 27.5 Å². The third kappa shape index (κ3) is 3.87. The fourth-order valence-electron chi connectivity index (χ4n) is 1.26. The van der Waals surface area contributed by atoms with Gasteiger partial charge in [0.05, 0.1) is 5.92 Å². The molecule has 0 fully saturated rings. The molecule has 15 heavy (non-hydrogen) atoms. The molecule has 0 radical (unpaired) electrons. The van der Waals surface area contributed by atoms with Crippen LogP contribution in [-0.2, 0) is 4.79 Å². The number of benzene rings is 1. The van der Waals surface area contributed by atoms with E-state index >= 15 is 0 Å². The van der Waals surface area contributed by atoms with Gasteiger partial charge < -0.3 is 0 Å². The van der Waals surface area contributed by atoms with E-state index in [0.717, 1.165) is 0 Å². The molecule has 0 aliphatic heterocycles. The molecule has 0 N–H and O–H groups in total. The van der Waals surface area contributed by atoms with Gasteiger partial charge in [-0.1, -0.05) is 28.1 Å². The molecular weight excluding hydrogens is 289 g/mol. The molecule has 1 unspecified atom stereocenters. The molecule has 1 atom stereocenters. The van der Waals surface area contributed by atoms with Gasteiger partial charge in [0.25, 0.3) is 0 Å². The Kier molecular flexibility index (Phi) is 4.67. The van der Waals surface area contributed by atoms with Gasteiger partial charge in [0.15, 0.2) is 0 Å². The Balaban J connectivity index is 2.93. The van der Waals surface area contributed by atoms with Crippen molar-refractivity contribution in [2.75, 3.05) is 0 Å². The van der Waals surface area contributed by atoms with Crippen LogP contribution in [-0.4, -0.2) is 11.7 Å². The third-order valence-electron chi connectivity index (χ3n) is 1.96. The largest absolute Gasteiger partial charge is 0.281 e. The first-order valence-electron chi connectivity index (χ1n) is 4.22. The Bertz CT molecular complexity index is 357. The molecule has 0 saturated heterocycles. The maximum absolute atomic E-state index is 12.7. The van der Waals surface area contributed by atoms with Crippen molar-refractivity contribution >= 4 is 32.8 Å². The molecule has 1 rings (SSSR count). The first kappa shape index (κ1) is 12.6. The summed E-state index contributed by atoms with van der Waals surface area (Å²) in [4.78, 5) is 10.6. The molecule has 0 saturated carbocycles. The normalized spacial score (nSPS) is 12.9. The Morgan fingerprint density at radius 1 is 1.47 bits per heavy atom. The van der Waals surface area contributed by atoms with Gasteiger partial charge in [-0.2, -0.15) is 0 Å². The SMILES string of the molecule is O=C(Cl)CC(c1cccc(Br)c1)C(F)F. The highest BCUT2D eigenvalue weighted by atomic mass is 79.9. The van der Waals surface area contributed by atoms with Crippen molar-refractivity contribution < 1.29 is 13.6 Å². The molecule has 1 nitrogen and oxygen atoms in total.